The van der Waals surface area contributed by atoms with E-state index in [0.29, 0.717) is 0 Å². The van der Waals surface area contributed by atoms with E-state index in [2.05, 4.69) is 6.08 Å². The number of fused-ring (bicyclic) bond motifs is 3. The highest BCUT2D eigenvalue weighted by atomic mass is 16.6. The number of aliphatic hydroxyl groups is 1. The summed E-state index contributed by atoms with van der Waals surface area (Å²) in [6.45, 7) is 0.0685. The third-order valence-corrected chi connectivity index (χ3v) is 2.84. The lowest BCUT2D eigenvalue weighted by molar-refractivity contribution is 0.172. The summed E-state index contributed by atoms with van der Waals surface area (Å²) < 4.78 is 5.50. The Labute approximate surface area is 76.5 Å². The molecule has 0 amide bonds. The fourth-order valence-electron chi connectivity index (χ4n) is 2.04. The lowest BCUT2D eigenvalue weighted by Crippen LogP contribution is -2.20. The van der Waals surface area contributed by atoms with E-state index in [9.17, 15) is 5.11 Å². The summed E-state index contributed by atoms with van der Waals surface area (Å²) in [6, 6.07) is 8.04. The van der Waals surface area contributed by atoms with Crippen molar-refractivity contribution >= 4 is 6.08 Å². The molecular formula is C11H10O2. The van der Waals surface area contributed by atoms with E-state index < -0.39 is 5.60 Å². The molecule has 66 valence electrons. The number of hydrogen-bond acceptors (Lipinski definition) is 2. The molecule has 3 rings (SSSR count). The second-order valence-electron chi connectivity index (χ2n) is 3.53. The molecule has 1 heterocycles. The van der Waals surface area contributed by atoms with Crippen LogP contribution in [0.1, 0.15) is 11.1 Å². The summed E-state index contributed by atoms with van der Waals surface area (Å²) in [5.74, 6) is 0. The average molecular weight is 174 g/mol. The van der Waals surface area contributed by atoms with Gasteiger partial charge >= 0.3 is 0 Å². The number of rotatable bonds is 1. The van der Waals surface area contributed by atoms with Crippen LogP contribution >= 0.6 is 0 Å². The third kappa shape index (κ3) is 0.794. The minimum absolute atomic E-state index is 0.0685. The maximum Gasteiger partial charge on any atom is 0.147 e. The largest absolute Gasteiger partial charge is 0.393 e. The van der Waals surface area contributed by atoms with Crippen molar-refractivity contribution in [1.82, 2.24) is 0 Å². The van der Waals surface area contributed by atoms with E-state index in [4.69, 9.17) is 4.74 Å². The smallest absolute Gasteiger partial charge is 0.147 e. The number of aliphatic hydroxyl groups excluding tert-OH is 1. The van der Waals surface area contributed by atoms with Crippen molar-refractivity contribution < 1.29 is 9.84 Å². The molecular weight excluding hydrogens is 164 g/mol. The molecule has 0 saturated carbocycles. The quantitative estimate of drug-likeness (QED) is 0.651. The Kier molecular flexibility index (Phi) is 1.25. The fraction of sp³-hybridized carbons (Fsp3) is 0.273. The predicted molar refractivity (Wildman–Crippen MR) is 49.1 cm³/mol. The Bertz CT molecular complexity index is 383. The average Bonchev–Trinajstić information content (AvgIpc) is 2.93. The number of hydrogen-bond donors (Lipinski definition) is 1. The summed E-state index contributed by atoms with van der Waals surface area (Å²) in [5.41, 5.74) is 1.86. The van der Waals surface area contributed by atoms with Crippen LogP contribution in [0.2, 0.25) is 0 Å². The van der Waals surface area contributed by atoms with E-state index in [0.717, 1.165) is 11.1 Å². The first-order valence-corrected chi connectivity index (χ1v) is 4.43. The van der Waals surface area contributed by atoms with Crippen LogP contribution in [0.3, 0.4) is 0 Å². The van der Waals surface area contributed by atoms with Crippen molar-refractivity contribution in [2.75, 3.05) is 6.61 Å². The zero-order valence-electron chi connectivity index (χ0n) is 7.10. The summed E-state index contributed by atoms with van der Waals surface area (Å²) in [6.07, 6.45) is 4.16. The van der Waals surface area contributed by atoms with Gasteiger partial charge < -0.3 is 9.84 Å². The van der Waals surface area contributed by atoms with Crippen LogP contribution in [0.4, 0.5) is 0 Å². The van der Waals surface area contributed by atoms with Gasteiger partial charge in [0.15, 0.2) is 0 Å². The topological polar surface area (TPSA) is 32.8 Å². The minimum atomic E-state index is -0.411. The number of epoxide rings is 1. The van der Waals surface area contributed by atoms with Crippen LogP contribution in [0.15, 0.2) is 30.3 Å². The molecule has 1 aliphatic heterocycles. The van der Waals surface area contributed by atoms with Crippen LogP contribution in [-0.4, -0.2) is 17.8 Å². The van der Waals surface area contributed by atoms with Crippen molar-refractivity contribution in [2.24, 2.45) is 0 Å². The van der Waals surface area contributed by atoms with Gasteiger partial charge in [-0.1, -0.05) is 36.4 Å². The van der Waals surface area contributed by atoms with Gasteiger partial charge in [0.25, 0.3) is 0 Å². The molecule has 2 atom stereocenters. The third-order valence-electron chi connectivity index (χ3n) is 2.84. The molecule has 0 spiro atoms. The first-order chi connectivity index (χ1) is 6.37. The lowest BCUT2D eigenvalue weighted by atomic mass is 9.87. The van der Waals surface area contributed by atoms with Gasteiger partial charge in [0.1, 0.15) is 11.7 Å². The minimum Gasteiger partial charge on any atom is -0.393 e. The normalized spacial score (nSPS) is 33.8. The Morgan fingerprint density at radius 3 is 3.08 bits per heavy atom. The molecule has 2 unspecified atom stereocenters. The number of benzene rings is 1. The van der Waals surface area contributed by atoms with Gasteiger partial charge in [0, 0.05) is 0 Å². The van der Waals surface area contributed by atoms with Gasteiger partial charge in [-0.25, -0.2) is 0 Å². The summed E-state index contributed by atoms with van der Waals surface area (Å²) in [7, 11) is 0. The highest BCUT2D eigenvalue weighted by molar-refractivity contribution is 5.62. The van der Waals surface area contributed by atoms with Crippen LogP contribution in [0, 0.1) is 0 Å². The van der Waals surface area contributed by atoms with E-state index in [1.165, 1.54) is 0 Å². The molecule has 1 aliphatic carbocycles. The zero-order chi connectivity index (χ0) is 8.89. The van der Waals surface area contributed by atoms with E-state index in [1.54, 1.807) is 0 Å². The standard InChI is InChI=1S/C11H10O2/c12-7-11-9-4-2-1-3-8(9)5-6-10(11)13-11/h1-6,10,12H,7H2. The van der Waals surface area contributed by atoms with Gasteiger partial charge in [-0.2, -0.15) is 0 Å². The molecule has 1 fully saturated rings. The zero-order valence-corrected chi connectivity index (χ0v) is 7.10. The molecule has 1 saturated heterocycles. The molecule has 0 radical (unpaired) electrons. The van der Waals surface area contributed by atoms with E-state index >= 15 is 0 Å². The monoisotopic (exact) mass is 174 g/mol. The van der Waals surface area contributed by atoms with Crippen LogP contribution < -0.4 is 0 Å². The van der Waals surface area contributed by atoms with Crippen LogP contribution in [0.25, 0.3) is 6.08 Å². The van der Waals surface area contributed by atoms with Gasteiger partial charge in [-0.15, -0.1) is 0 Å². The second kappa shape index (κ2) is 2.22. The molecule has 1 aromatic rings. The predicted octanol–water partition coefficient (Wildman–Crippen LogP) is 1.30. The molecule has 0 bridgehead atoms. The van der Waals surface area contributed by atoms with Crippen molar-refractivity contribution in [1.29, 1.82) is 0 Å². The molecule has 0 aromatic heterocycles. The van der Waals surface area contributed by atoms with Gasteiger partial charge in [0.05, 0.1) is 6.61 Å². The molecule has 1 aromatic carbocycles. The Balaban J connectivity index is 2.21. The van der Waals surface area contributed by atoms with Crippen molar-refractivity contribution in [2.45, 2.75) is 11.7 Å². The molecule has 2 aliphatic rings. The fourth-order valence-corrected chi connectivity index (χ4v) is 2.04. The maximum atomic E-state index is 9.28. The van der Waals surface area contributed by atoms with Crippen molar-refractivity contribution in [3.05, 3.63) is 41.5 Å². The van der Waals surface area contributed by atoms with Crippen LogP contribution in [0.5, 0.6) is 0 Å². The first-order valence-electron chi connectivity index (χ1n) is 4.43. The van der Waals surface area contributed by atoms with Crippen molar-refractivity contribution in [3.63, 3.8) is 0 Å². The molecule has 1 N–H and O–H groups in total. The van der Waals surface area contributed by atoms with E-state index in [-0.39, 0.29) is 12.7 Å². The Morgan fingerprint density at radius 2 is 2.23 bits per heavy atom. The summed E-state index contributed by atoms with van der Waals surface area (Å²) in [4.78, 5) is 0. The lowest BCUT2D eigenvalue weighted by Gasteiger charge is -2.15. The summed E-state index contributed by atoms with van der Waals surface area (Å²) >= 11 is 0. The second-order valence-corrected chi connectivity index (χ2v) is 3.53. The number of ether oxygens (including phenoxy) is 1. The highest BCUT2D eigenvalue weighted by Crippen LogP contribution is 2.50. The molecule has 13 heavy (non-hydrogen) atoms. The van der Waals surface area contributed by atoms with Gasteiger partial charge in [-0.3, -0.25) is 0 Å². The Hall–Kier alpha value is -1.12. The van der Waals surface area contributed by atoms with E-state index in [1.807, 2.05) is 30.3 Å². The maximum absolute atomic E-state index is 9.28. The molecule has 2 heteroatoms. The first kappa shape index (κ1) is 7.30. The van der Waals surface area contributed by atoms with Gasteiger partial charge in [-0.05, 0) is 11.1 Å². The molecule has 2 nitrogen and oxygen atoms in total. The van der Waals surface area contributed by atoms with Crippen molar-refractivity contribution in [3.8, 4) is 0 Å². The van der Waals surface area contributed by atoms with Crippen LogP contribution in [-0.2, 0) is 10.3 Å². The van der Waals surface area contributed by atoms with Gasteiger partial charge in [0.2, 0.25) is 0 Å². The Morgan fingerprint density at radius 1 is 1.38 bits per heavy atom. The highest BCUT2D eigenvalue weighted by Gasteiger charge is 2.58. The SMILES string of the molecule is OCC12OC1C=Cc1ccccc12. The summed E-state index contributed by atoms with van der Waals surface area (Å²) in [5, 5.41) is 9.28.